The van der Waals surface area contributed by atoms with Crippen molar-refractivity contribution in [2.75, 3.05) is 0 Å². The first-order valence-electron chi connectivity index (χ1n) is 7.27. The van der Waals surface area contributed by atoms with Gasteiger partial charge in [0.25, 0.3) is 5.91 Å². The zero-order valence-electron chi connectivity index (χ0n) is 12.8. The van der Waals surface area contributed by atoms with Crippen LogP contribution >= 0.6 is 27.3 Å². The van der Waals surface area contributed by atoms with Crippen LogP contribution in [0.25, 0.3) is 0 Å². The quantitative estimate of drug-likeness (QED) is 0.661. The third-order valence-corrected chi connectivity index (χ3v) is 7.39. The fourth-order valence-corrected chi connectivity index (χ4v) is 5.44. The fourth-order valence-electron chi connectivity index (χ4n) is 2.10. The maximum atomic E-state index is 12.6. The van der Waals surface area contributed by atoms with Crippen LogP contribution < -0.4 is 5.32 Å². The molecule has 2 aromatic carbocycles. The number of rotatable bonds is 5. The predicted molar refractivity (Wildman–Crippen MR) is 99.3 cm³/mol. The molecule has 0 atom stereocenters. The number of halogens is 1. The molecule has 3 rings (SSSR count). The van der Waals surface area contributed by atoms with Crippen molar-refractivity contribution < 1.29 is 13.2 Å². The summed E-state index contributed by atoms with van der Waals surface area (Å²) in [6.45, 7) is 0.352. The normalized spacial score (nSPS) is 11.2. The van der Waals surface area contributed by atoms with E-state index in [1.807, 2.05) is 30.3 Å². The summed E-state index contributed by atoms with van der Waals surface area (Å²) >= 11 is 4.03. The monoisotopic (exact) mass is 436 g/mol. The van der Waals surface area contributed by atoms with Gasteiger partial charge in [-0.3, -0.25) is 4.79 Å². The van der Waals surface area contributed by atoms with Crippen molar-refractivity contribution in [1.82, 2.24) is 10.3 Å². The second-order valence-electron chi connectivity index (χ2n) is 5.08. The van der Waals surface area contributed by atoms with Crippen LogP contribution in [-0.4, -0.2) is 19.3 Å². The van der Waals surface area contributed by atoms with Gasteiger partial charge in [0.1, 0.15) is 9.48 Å². The van der Waals surface area contributed by atoms with Crippen LogP contribution in [0.2, 0.25) is 0 Å². The zero-order chi connectivity index (χ0) is 17.9. The number of thiazole rings is 1. The highest BCUT2D eigenvalue weighted by atomic mass is 79.9. The fraction of sp³-hybridized carbons (Fsp3) is 0.0588. The lowest BCUT2D eigenvalue weighted by Crippen LogP contribution is -2.22. The summed E-state index contributed by atoms with van der Waals surface area (Å²) < 4.78 is 25.3. The first-order chi connectivity index (χ1) is 12.0. The van der Waals surface area contributed by atoms with Gasteiger partial charge in [-0.15, -0.1) is 0 Å². The van der Waals surface area contributed by atoms with Crippen LogP contribution in [0.15, 0.2) is 74.5 Å². The van der Waals surface area contributed by atoms with Gasteiger partial charge in [0.05, 0.1) is 4.90 Å². The molecule has 0 spiro atoms. The number of carbonyl (C=O) groups is 1. The highest BCUT2D eigenvalue weighted by Gasteiger charge is 2.26. The van der Waals surface area contributed by atoms with Crippen LogP contribution in [0.5, 0.6) is 0 Å². The minimum atomic E-state index is -3.74. The molecule has 25 heavy (non-hydrogen) atoms. The number of hydrogen-bond acceptors (Lipinski definition) is 5. The van der Waals surface area contributed by atoms with E-state index in [-0.39, 0.29) is 24.6 Å². The number of benzene rings is 2. The third kappa shape index (κ3) is 3.97. The van der Waals surface area contributed by atoms with Crippen LogP contribution in [0.1, 0.15) is 15.2 Å². The Morgan fingerprint density at radius 3 is 2.28 bits per heavy atom. The Labute approximate surface area is 157 Å². The molecule has 0 saturated carbocycles. The molecular formula is C17H13BrN2O3S2. The Balaban J connectivity index is 1.82. The Bertz CT molecular complexity index is 987. The van der Waals surface area contributed by atoms with Crippen LogP contribution in [0.4, 0.5) is 0 Å². The second-order valence-corrected chi connectivity index (χ2v) is 8.96. The van der Waals surface area contributed by atoms with E-state index in [1.54, 1.807) is 18.2 Å². The zero-order valence-corrected chi connectivity index (χ0v) is 16.1. The number of nitrogens with zero attached hydrogens (tertiary/aromatic N) is 1. The molecule has 128 valence electrons. The van der Waals surface area contributed by atoms with Gasteiger partial charge in [-0.25, -0.2) is 13.4 Å². The summed E-state index contributed by atoms with van der Waals surface area (Å²) in [5, 5.41) is 2.77. The molecule has 0 aliphatic rings. The summed E-state index contributed by atoms with van der Waals surface area (Å²) in [4.78, 5) is 16.7. The Morgan fingerprint density at radius 2 is 1.64 bits per heavy atom. The van der Waals surface area contributed by atoms with Crippen molar-refractivity contribution in [3.63, 3.8) is 0 Å². The van der Waals surface area contributed by atoms with E-state index in [0.717, 1.165) is 16.9 Å². The standard InChI is InChI=1S/C17H13BrN2O3S2/c18-15-14(16(21)19-11-12-7-3-1-4-8-12)24-17(20-15)25(22,23)13-9-5-2-6-10-13/h1-10H,11H2,(H,19,21). The lowest BCUT2D eigenvalue weighted by atomic mass is 10.2. The summed E-state index contributed by atoms with van der Waals surface area (Å²) in [7, 11) is -3.74. The number of aromatic nitrogens is 1. The molecular weight excluding hydrogens is 424 g/mol. The maximum Gasteiger partial charge on any atom is 0.264 e. The van der Waals surface area contributed by atoms with E-state index in [2.05, 4.69) is 26.2 Å². The summed E-state index contributed by atoms with van der Waals surface area (Å²) in [6.07, 6.45) is 0. The SMILES string of the molecule is O=C(NCc1ccccc1)c1sc(S(=O)(=O)c2ccccc2)nc1Br. The molecule has 0 radical (unpaired) electrons. The van der Waals surface area contributed by atoms with Crippen molar-refractivity contribution >= 4 is 43.0 Å². The Kier molecular flexibility index (Phi) is 5.31. The Morgan fingerprint density at radius 1 is 1.04 bits per heavy atom. The molecule has 3 aromatic rings. The largest absolute Gasteiger partial charge is 0.347 e. The van der Waals surface area contributed by atoms with Gasteiger partial charge in [0.2, 0.25) is 14.2 Å². The molecule has 1 aromatic heterocycles. The summed E-state index contributed by atoms with van der Waals surface area (Å²) in [6, 6.07) is 17.5. The molecule has 1 heterocycles. The van der Waals surface area contributed by atoms with Crippen molar-refractivity contribution in [2.24, 2.45) is 0 Å². The third-order valence-electron chi connectivity index (χ3n) is 3.35. The highest BCUT2D eigenvalue weighted by molar-refractivity contribution is 9.10. The summed E-state index contributed by atoms with van der Waals surface area (Å²) in [5.41, 5.74) is 0.952. The number of nitrogens with one attached hydrogen (secondary N) is 1. The molecule has 1 N–H and O–H groups in total. The topological polar surface area (TPSA) is 76.1 Å². The van der Waals surface area contributed by atoms with Gasteiger partial charge in [0.15, 0.2) is 0 Å². The minimum Gasteiger partial charge on any atom is -0.347 e. The average molecular weight is 437 g/mol. The molecule has 0 bridgehead atoms. The lowest BCUT2D eigenvalue weighted by molar-refractivity contribution is 0.0954. The molecule has 0 aliphatic heterocycles. The number of carbonyl (C=O) groups excluding carboxylic acids is 1. The van der Waals surface area contributed by atoms with Crippen molar-refractivity contribution in [1.29, 1.82) is 0 Å². The molecule has 0 unspecified atom stereocenters. The second kappa shape index (κ2) is 7.47. The average Bonchev–Trinajstić information content (AvgIpc) is 3.04. The first kappa shape index (κ1) is 17.8. The van der Waals surface area contributed by atoms with E-state index < -0.39 is 9.84 Å². The van der Waals surface area contributed by atoms with E-state index >= 15 is 0 Å². The van der Waals surface area contributed by atoms with Gasteiger partial charge >= 0.3 is 0 Å². The van der Waals surface area contributed by atoms with Gasteiger partial charge < -0.3 is 5.32 Å². The van der Waals surface area contributed by atoms with Crippen LogP contribution in [0.3, 0.4) is 0 Å². The number of amides is 1. The minimum absolute atomic E-state index is 0.115. The highest BCUT2D eigenvalue weighted by Crippen LogP contribution is 2.30. The van der Waals surface area contributed by atoms with E-state index in [9.17, 15) is 13.2 Å². The Hall–Kier alpha value is -2.03. The van der Waals surface area contributed by atoms with E-state index in [1.165, 1.54) is 12.1 Å². The number of sulfone groups is 1. The molecule has 0 fully saturated rings. The molecule has 5 nitrogen and oxygen atoms in total. The molecule has 0 saturated heterocycles. The molecule has 8 heteroatoms. The lowest BCUT2D eigenvalue weighted by Gasteiger charge is -2.03. The van der Waals surface area contributed by atoms with E-state index in [0.29, 0.717) is 6.54 Å². The maximum absolute atomic E-state index is 12.6. The van der Waals surface area contributed by atoms with Crippen LogP contribution in [-0.2, 0) is 16.4 Å². The summed E-state index contributed by atoms with van der Waals surface area (Å²) in [5.74, 6) is -0.372. The van der Waals surface area contributed by atoms with Crippen LogP contribution in [0, 0.1) is 0 Å². The van der Waals surface area contributed by atoms with Gasteiger partial charge in [-0.1, -0.05) is 59.9 Å². The smallest absolute Gasteiger partial charge is 0.264 e. The van der Waals surface area contributed by atoms with Gasteiger partial charge in [-0.05, 0) is 33.6 Å². The van der Waals surface area contributed by atoms with Gasteiger partial charge in [-0.2, -0.15) is 0 Å². The molecule has 1 amide bonds. The van der Waals surface area contributed by atoms with E-state index in [4.69, 9.17) is 0 Å². The number of hydrogen-bond donors (Lipinski definition) is 1. The van der Waals surface area contributed by atoms with Gasteiger partial charge in [0, 0.05) is 6.54 Å². The first-order valence-corrected chi connectivity index (χ1v) is 10.4. The van der Waals surface area contributed by atoms with Crippen molar-refractivity contribution in [2.45, 2.75) is 15.8 Å². The molecule has 0 aliphatic carbocycles. The van der Waals surface area contributed by atoms with Crippen molar-refractivity contribution in [3.8, 4) is 0 Å². The van der Waals surface area contributed by atoms with Crippen molar-refractivity contribution in [3.05, 3.63) is 75.7 Å². The predicted octanol–water partition coefficient (Wildman–Crippen LogP) is 3.67.